The van der Waals surface area contributed by atoms with Crippen LogP contribution in [-0.2, 0) is 4.79 Å². The molecule has 2 N–H and O–H groups in total. The summed E-state index contributed by atoms with van der Waals surface area (Å²) in [5.41, 5.74) is 4.60. The van der Waals surface area contributed by atoms with Crippen molar-refractivity contribution in [2.75, 3.05) is 10.6 Å². The summed E-state index contributed by atoms with van der Waals surface area (Å²) in [5, 5.41) is 5.70. The molecular weight excluding hydrogens is 354 g/mol. The number of rotatable bonds is 3. The van der Waals surface area contributed by atoms with E-state index < -0.39 is 6.10 Å². The molecule has 0 saturated heterocycles. The molecule has 2 amide bonds. The van der Waals surface area contributed by atoms with E-state index >= 15 is 0 Å². The van der Waals surface area contributed by atoms with Crippen LogP contribution in [0, 0.1) is 13.8 Å². The van der Waals surface area contributed by atoms with Crippen molar-refractivity contribution in [2.24, 2.45) is 0 Å². The molecule has 0 radical (unpaired) electrons. The number of carbonyl (C=O) groups excluding carboxylic acids is 2. The summed E-state index contributed by atoms with van der Waals surface area (Å²) in [7, 11) is 0. The number of aryl methyl sites for hydroxylation is 1. The Kier molecular flexibility index (Phi) is 4.39. The van der Waals surface area contributed by atoms with E-state index in [0.717, 1.165) is 17.1 Å². The zero-order valence-corrected chi connectivity index (χ0v) is 15.9. The number of ether oxygens (including phenoxy) is 1. The first-order chi connectivity index (χ1) is 13.4. The molecule has 142 valence electrons. The Morgan fingerprint density at radius 3 is 2.61 bits per heavy atom. The Hall–Kier alpha value is -3.54. The van der Waals surface area contributed by atoms with Gasteiger partial charge in [-0.3, -0.25) is 9.59 Å². The molecule has 1 atom stereocenters. The lowest BCUT2D eigenvalue weighted by Crippen LogP contribution is -2.34. The standard InChI is InChI=1S/C22H21N3O3/c1-13-11-18(14(2)25(13)17-7-5-4-6-8-17)22(27)23-16-9-10-20-19(12-16)24-21(26)15(3)28-20/h4-12,15H,1-3H3,(H,23,27)(H,24,26). The molecule has 1 aliphatic heterocycles. The van der Waals surface area contributed by atoms with Crippen LogP contribution in [0.1, 0.15) is 28.7 Å². The molecular formula is C22H21N3O3. The third-order valence-corrected chi connectivity index (χ3v) is 4.86. The van der Waals surface area contributed by atoms with Gasteiger partial charge in [-0.1, -0.05) is 18.2 Å². The molecule has 0 spiro atoms. The summed E-state index contributed by atoms with van der Waals surface area (Å²) in [6.45, 7) is 5.59. The normalized spacial score (nSPS) is 15.4. The fraction of sp³-hybridized carbons (Fsp3) is 0.182. The van der Waals surface area contributed by atoms with Crippen molar-refractivity contribution in [1.82, 2.24) is 4.57 Å². The van der Waals surface area contributed by atoms with Crippen molar-refractivity contribution in [3.05, 3.63) is 71.5 Å². The molecule has 4 rings (SSSR count). The Morgan fingerprint density at radius 2 is 1.86 bits per heavy atom. The van der Waals surface area contributed by atoms with Crippen LogP contribution in [-0.4, -0.2) is 22.5 Å². The molecule has 0 bridgehead atoms. The molecule has 6 nitrogen and oxygen atoms in total. The molecule has 1 aliphatic rings. The lowest BCUT2D eigenvalue weighted by molar-refractivity contribution is -0.122. The number of benzene rings is 2. The van der Waals surface area contributed by atoms with E-state index in [0.29, 0.717) is 22.7 Å². The minimum Gasteiger partial charge on any atom is -0.479 e. The third kappa shape index (κ3) is 3.13. The number of carbonyl (C=O) groups is 2. The number of amides is 2. The largest absolute Gasteiger partial charge is 0.479 e. The van der Waals surface area contributed by atoms with Gasteiger partial charge in [-0.15, -0.1) is 0 Å². The monoisotopic (exact) mass is 375 g/mol. The molecule has 2 aromatic carbocycles. The van der Waals surface area contributed by atoms with Crippen molar-refractivity contribution in [2.45, 2.75) is 26.9 Å². The maximum atomic E-state index is 12.9. The average Bonchev–Trinajstić information content (AvgIpc) is 2.98. The molecule has 0 aliphatic carbocycles. The summed E-state index contributed by atoms with van der Waals surface area (Å²) in [6.07, 6.45) is -0.531. The highest BCUT2D eigenvalue weighted by Gasteiger charge is 2.24. The lowest BCUT2D eigenvalue weighted by Gasteiger charge is -2.23. The number of para-hydroxylation sites is 1. The number of fused-ring (bicyclic) bond motifs is 1. The average molecular weight is 375 g/mol. The van der Waals surface area contributed by atoms with Crippen LogP contribution < -0.4 is 15.4 Å². The SMILES string of the molecule is Cc1cc(C(=O)Nc2ccc3c(c2)NC(=O)C(C)O3)c(C)n1-c1ccccc1. The van der Waals surface area contributed by atoms with Gasteiger partial charge in [-0.25, -0.2) is 0 Å². The van der Waals surface area contributed by atoms with Gasteiger partial charge >= 0.3 is 0 Å². The number of hydrogen-bond acceptors (Lipinski definition) is 3. The third-order valence-electron chi connectivity index (χ3n) is 4.86. The zero-order valence-electron chi connectivity index (χ0n) is 15.9. The maximum absolute atomic E-state index is 12.9. The van der Waals surface area contributed by atoms with Gasteiger partial charge < -0.3 is 19.9 Å². The molecule has 28 heavy (non-hydrogen) atoms. The summed E-state index contributed by atoms with van der Waals surface area (Å²) in [5.74, 6) is 0.182. The van der Waals surface area contributed by atoms with Crippen LogP contribution in [0.3, 0.4) is 0 Å². The van der Waals surface area contributed by atoms with Crippen LogP contribution in [0.5, 0.6) is 5.75 Å². The first-order valence-corrected chi connectivity index (χ1v) is 9.11. The predicted octanol–water partition coefficient (Wildman–Crippen LogP) is 4.07. The second-order valence-electron chi connectivity index (χ2n) is 6.87. The highest BCUT2D eigenvalue weighted by atomic mass is 16.5. The smallest absolute Gasteiger partial charge is 0.265 e. The van der Waals surface area contributed by atoms with E-state index in [1.54, 1.807) is 25.1 Å². The highest BCUT2D eigenvalue weighted by Crippen LogP contribution is 2.32. The lowest BCUT2D eigenvalue weighted by atomic mass is 10.2. The first-order valence-electron chi connectivity index (χ1n) is 9.11. The summed E-state index contributed by atoms with van der Waals surface area (Å²) in [6, 6.07) is 17.0. The van der Waals surface area contributed by atoms with Crippen molar-refractivity contribution < 1.29 is 14.3 Å². The van der Waals surface area contributed by atoms with Crippen LogP contribution in [0.15, 0.2) is 54.6 Å². The van der Waals surface area contributed by atoms with Crippen molar-refractivity contribution in [3.63, 3.8) is 0 Å². The van der Waals surface area contributed by atoms with Gasteiger partial charge in [0.05, 0.1) is 11.3 Å². The fourth-order valence-corrected chi connectivity index (χ4v) is 3.45. The van der Waals surface area contributed by atoms with Gasteiger partial charge in [0.2, 0.25) is 0 Å². The Bertz CT molecular complexity index is 1070. The second kappa shape index (κ2) is 6.88. The Labute approximate surface area is 163 Å². The minimum absolute atomic E-state index is 0.202. The van der Waals surface area contributed by atoms with Crippen molar-refractivity contribution >= 4 is 23.2 Å². The number of hydrogen-bond donors (Lipinski definition) is 2. The fourth-order valence-electron chi connectivity index (χ4n) is 3.45. The van der Waals surface area contributed by atoms with Gasteiger partial charge in [-0.05, 0) is 57.2 Å². The van der Waals surface area contributed by atoms with E-state index in [1.165, 1.54) is 0 Å². The van der Waals surface area contributed by atoms with E-state index in [4.69, 9.17) is 4.74 Å². The van der Waals surface area contributed by atoms with Gasteiger partial charge in [0.15, 0.2) is 6.10 Å². The second-order valence-corrected chi connectivity index (χ2v) is 6.87. The van der Waals surface area contributed by atoms with Gasteiger partial charge in [-0.2, -0.15) is 0 Å². The molecule has 0 fully saturated rings. The van der Waals surface area contributed by atoms with Gasteiger partial charge in [0.1, 0.15) is 5.75 Å². The molecule has 1 aromatic heterocycles. The number of anilines is 2. The molecule has 2 heterocycles. The van der Waals surface area contributed by atoms with E-state index in [-0.39, 0.29) is 11.8 Å². The van der Waals surface area contributed by atoms with Crippen molar-refractivity contribution in [1.29, 1.82) is 0 Å². The number of nitrogens with one attached hydrogen (secondary N) is 2. The van der Waals surface area contributed by atoms with Gasteiger partial charge in [0.25, 0.3) is 11.8 Å². The molecule has 0 saturated carbocycles. The number of aromatic nitrogens is 1. The molecule has 6 heteroatoms. The summed E-state index contributed by atoms with van der Waals surface area (Å²) < 4.78 is 7.60. The van der Waals surface area contributed by atoms with Crippen LogP contribution in [0.2, 0.25) is 0 Å². The predicted molar refractivity (Wildman–Crippen MR) is 108 cm³/mol. The summed E-state index contributed by atoms with van der Waals surface area (Å²) in [4.78, 5) is 24.7. The number of nitrogens with zero attached hydrogens (tertiary/aromatic N) is 1. The van der Waals surface area contributed by atoms with E-state index in [9.17, 15) is 9.59 Å². The van der Waals surface area contributed by atoms with Crippen molar-refractivity contribution in [3.8, 4) is 11.4 Å². The minimum atomic E-state index is -0.531. The van der Waals surface area contributed by atoms with Crippen LogP contribution in [0.4, 0.5) is 11.4 Å². The quantitative estimate of drug-likeness (QED) is 0.725. The first kappa shape index (κ1) is 17.9. The van der Waals surface area contributed by atoms with Crippen LogP contribution in [0.25, 0.3) is 5.69 Å². The molecule has 1 unspecified atom stereocenters. The Morgan fingerprint density at radius 1 is 1.11 bits per heavy atom. The summed E-state index contributed by atoms with van der Waals surface area (Å²) >= 11 is 0. The highest BCUT2D eigenvalue weighted by molar-refractivity contribution is 6.06. The Balaban J connectivity index is 1.60. The zero-order chi connectivity index (χ0) is 19.8. The van der Waals surface area contributed by atoms with Crippen LogP contribution >= 0.6 is 0 Å². The topological polar surface area (TPSA) is 72.4 Å². The maximum Gasteiger partial charge on any atom is 0.265 e. The van der Waals surface area contributed by atoms with Gasteiger partial charge in [0, 0.05) is 22.8 Å². The van der Waals surface area contributed by atoms with E-state index in [1.807, 2.05) is 50.2 Å². The molecule has 3 aromatic rings. The van der Waals surface area contributed by atoms with E-state index in [2.05, 4.69) is 15.2 Å².